The van der Waals surface area contributed by atoms with Crippen molar-refractivity contribution in [3.05, 3.63) is 113 Å². The Bertz CT molecular complexity index is 1380. The van der Waals surface area contributed by atoms with Gasteiger partial charge in [0.1, 0.15) is 0 Å². The zero-order chi connectivity index (χ0) is 26.4. The van der Waals surface area contributed by atoms with Gasteiger partial charge >= 0.3 is 5.97 Å². The topological polar surface area (TPSA) is 26.3 Å². The van der Waals surface area contributed by atoms with Crippen LogP contribution in [0, 0.1) is 17.5 Å². The maximum Gasteiger partial charge on any atom is 0.343 e. The molecule has 0 heterocycles. The van der Waals surface area contributed by atoms with Crippen molar-refractivity contribution in [1.82, 2.24) is 0 Å². The van der Waals surface area contributed by atoms with Gasteiger partial charge in [-0.1, -0.05) is 81.3 Å². The molecular weight excluding hydrogens is 473 g/mol. The molecule has 0 spiro atoms. The van der Waals surface area contributed by atoms with Crippen molar-refractivity contribution in [2.24, 2.45) is 0 Å². The highest BCUT2D eigenvalue weighted by Crippen LogP contribution is 2.32. The fourth-order valence-electron chi connectivity index (χ4n) is 4.24. The Labute approximate surface area is 215 Å². The van der Waals surface area contributed by atoms with Crippen molar-refractivity contribution in [3.63, 3.8) is 0 Å². The van der Waals surface area contributed by atoms with Crippen LogP contribution in [0.2, 0.25) is 0 Å². The lowest BCUT2D eigenvalue weighted by molar-refractivity contribution is 0.0728. The highest BCUT2D eigenvalue weighted by Gasteiger charge is 2.17. The molecule has 0 unspecified atom stereocenters. The fourth-order valence-corrected chi connectivity index (χ4v) is 4.24. The van der Waals surface area contributed by atoms with Gasteiger partial charge in [-0.05, 0) is 65.8 Å². The number of benzene rings is 4. The molecule has 190 valence electrons. The predicted molar refractivity (Wildman–Crippen MR) is 141 cm³/mol. The second-order valence-electron chi connectivity index (χ2n) is 9.07. The molecule has 0 atom stereocenters. The molecule has 5 heteroatoms. The number of unbranched alkanes of at least 4 members (excludes halogenated alkanes) is 1. The van der Waals surface area contributed by atoms with E-state index in [0.29, 0.717) is 11.1 Å². The number of carbonyl (C=O) groups excluding carboxylic acids is 1. The third-order valence-corrected chi connectivity index (χ3v) is 6.34. The van der Waals surface area contributed by atoms with Gasteiger partial charge in [-0.3, -0.25) is 0 Å². The van der Waals surface area contributed by atoms with E-state index in [1.165, 1.54) is 42.5 Å². The van der Waals surface area contributed by atoms with Crippen molar-refractivity contribution in [2.45, 2.75) is 46.0 Å². The van der Waals surface area contributed by atoms with Gasteiger partial charge in [-0.2, -0.15) is 0 Å². The van der Waals surface area contributed by atoms with Crippen LogP contribution in [0.4, 0.5) is 13.2 Å². The molecule has 0 aliphatic carbocycles. The first-order chi connectivity index (χ1) is 17.9. The lowest BCUT2D eigenvalue weighted by atomic mass is 9.97. The van der Waals surface area contributed by atoms with Crippen molar-refractivity contribution >= 4 is 5.97 Å². The summed E-state index contributed by atoms with van der Waals surface area (Å²) in [4.78, 5) is 12.5. The summed E-state index contributed by atoms with van der Waals surface area (Å²) in [6.45, 7) is 4.15. The number of carbonyl (C=O) groups is 1. The molecule has 0 saturated carbocycles. The molecule has 4 aromatic carbocycles. The quantitative estimate of drug-likeness (QED) is 0.169. The minimum Gasteiger partial charge on any atom is -0.420 e. The van der Waals surface area contributed by atoms with Crippen LogP contribution in [0.5, 0.6) is 5.75 Å². The second-order valence-corrected chi connectivity index (χ2v) is 9.07. The van der Waals surface area contributed by atoms with Crippen LogP contribution in [-0.4, -0.2) is 5.97 Å². The van der Waals surface area contributed by atoms with E-state index in [1.54, 1.807) is 24.3 Å². The summed E-state index contributed by atoms with van der Waals surface area (Å²) in [7, 11) is 0. The number of aryl methyl sites for hydroxylation is 2. The van der Waals surface area contributed by atoms with Gasteiger partial charge in [0, 0.05) is 11.1 Å². The lowest BCUT2D eigenvalue weighted by Gasteiger charge is -2.11. The molecule has 0 aliphatic heterocycles. The summed E-state index contributed by atoms with van der Waals surface area (Å²) >= 11 is 0. The largest absolute Gasteiger partial charge is 0.420 e. The summed E-state index contributed by atoms with van der Waals surface area (Å²) in [6.07, 6.45) is 4.65. The monoisotopic (exact) mass is 502 g/mol. The minimum atomic E-state index is -0.962. The molecule has 0 amide bonds. The number of hydrogen-bond acceptors (Lipinski definition) is 2. The van der Waals surface area contributed by atoms with Crippen LogP contribution in [0.25, 0.3) is 22.3 Å². The average Bonchev–Trinajstić information content (AvgIpc) is 2.91. The zero-order valence-corrected chi connectivity index (χ0v) is 21.0. The zero-order valence-electron chi connectivity index (χ0n) is 21.0. The van der Waals surface area contributed by atoms with Crippen LogP contribution >= 0.6 is 0 Å². The van der Waals surface area contributed by atoms with E-state index in [9.17, 15) is 13.6 Å². The highest BCUT2D eigenvalue weighted by molar-refractivity contribution is 5.91. The van der Waals surface area contributed by atoms with E-state index in [4.69, 9.17) is 4.74 Å². The third kappa shape index (κ3) is 6.11. The molecule has 0 aromatic heterocycles. The average molecular weight is 503 g/mol. The highest BCUT2D eigenvalue weighted by atomic mass is 19.2. The van der Waals surface area contributed by atoms with Gasteiger partial charge in [0.05, 0.1) is 5.56 Å². The molecule has 0 N–H and O–H groups in total. The Hall–Kier alpha value is -3.86. The number of esters is 1. The summed E-state index contributed by atoms with van der Waals surface area (Å²) in [6, 6.07) is 21.0. The van der Waals surface area contributed by atoms with Gasteiger partial charge in [0.15, 0.2) is 23.2 Å². The molecule has 0 saturated heterocycles. The van der Waals surface area contributed by atoms with Crippen LogP contribution in [0.3, 0.4) is 0 Å². The first-order valence-electron chi connectivity index (χ1n) is 12.6. The SMILES string of the molecule is CCCCc1ccc(OC(=O)c2ccc(-c3ccc(-c4ccc(CCC)cc4)c(F)c3F)cc2)c(F)c1. The van der Waals surface area contributed by atoms with E-state index < -0.39 is 23.4 Å². The summed E-state index contributed by atoms with van der Waals surface area (Å²) in [5.74, 6) is -3.38. The summed E-state index contributed by atoms with van der Waals surface area (Å²) in [5.41, 5.74) is 3.44. The van der Waals surface area contributed by atoms with Gasteiger partial charge in [0.2, 0.25) is 0 Å². The van der Waals surface area contributed by atoms with E-state index in [2.05, 4.69) is 13.8 Å². The number of halogens is 3. The van der Waals surface area contributed by atoms with Crippen molar-refractivity contribution in [2.75, 3.05) is 0 Å². The Morgan fingerprint density at radius 2 is 1.24 bits per heavy atom. The minimum absolute atomic E-state index is 0.0810. The van der Waals surface area contributed by atoms with Crippen LogP contribution in [-0.2, 0) is 12.8 Å². The maximum absolute atomic E-state index is 15.0. The first-order valence-corrected chi connectivity index (χ1v) is 12.6. The van der Waals surface area contributed by atoms with Crippen LogP contribution < -0.4 is 4.74 Å². The standard InChI is InChI=1S/C32H29F3O2/c1-3-5-7-22-10-19-29(28(33)20-22)37-32(36)25-15-13-24(14-16-25)27-18-17-26(30(34)31(27)35)23-11-8-21(6-4-2)9-12-23/h8-20H,3-7H2,1-2H3. The van der Waals surface area contributed by atoms with Crippen LogP contribution in [0.1, 0.15) is 54.6 Å². The fraction of sp³-hybridized carbons (Fsp3) is 0.219. The molecule has 0 radical (unpaired) electrons. The normalized spacial score (nSPS) is 10.9. The summed E-state index contributed by atoms with van der Waals surface area (Å²) < 4.78 is 49.6. The number of hydrogen-bond donors (Lipinski definition) is 0. The Balaban J connectivity index is 1.50. The van der Waals surface area contributed by atoms with E-state index in [0.717, 1.165) is 43.2 Å². The lowest BCUT2D eigenvalue weighted by Crippen LogP contribution is -2.09. The van der Waals surface area contributed by atoms with Gasteiger partial charge in [-0.15, -0.1) is 0 Å². The molecular formula is C32H29F3O2. The Morgan fingerprint density at radius 1 is 0.676 bits per heavy atom. The summed E-state index contributed by atoms with van der Waals surface area (Å²) in [5, 5.41) is 0. The smallest absolute Gasteiger partial charge is 0.343 e. The predicted octanol–water partition coefficient (Wildman–Crippen LogP) is 8.95. The van der Waals surface area contributed by atoms with Crippen molar-refractivity contribution in [1.29, 1.82) is 0 Å². The Morgan fingerprint density at radius 3 is 1.78 bits per heavy atom. The third-order valence-electron chi connectivity index (χ3n) is 6.34. The Kier molecular flexibility index (Phi) is 8.44. The molecule has 37 heavy (non-hydrogen) atoms. The maximum atomic E-state index is 15.0. The van der Waals surface area contributed by atoms with E-state index in [1.807, 2.05) is 12.1 Å². The van der Waals surface area contributed by atoms with Gasteiger partial charge in [-0.25, -0.2) is 18.0 Å². The number of rotatable bonds is 9. The van der Waals surface area contributed by atoms with Gasteiger partial charge < -0.3 is 4.74 Å². The van der Waals surface area contributed by atoms with E-state index >= 15 is 4.39 Å². The molecule has 0 aliphatic rings. The van der Waals surface area contributed by atoms with Crippen molar-refractivity contribution in [3.8, 4) is 28.0 Å². The van der Waals surface area contributed by atoms with E-state index in [-0.39, 0.29) is 22.4 Å². The molecule has 0 bridgehead atoms. The number of ether oxygens (including phenoxy) is 1. The van der Waals surface area contributed by atoms with Crippen molar-refractivity contribution < 1.29 is 22.7 Å². The molecule has 2 nitrogen and oxygen atoms in total. The van der Waals surface area contributed by atoms with Crippen LogP contribution in [0.15, 0.2) is 78.9 Å². The second kappa shape index (κ2) is 11.9. The molecule has 4 aromatic rings. The molecule has 4 rings (SSSR count). The molecule has 0 fully saturated rings. The van der Waals surface area contributed by atoms with Gasteiger partial charge in [0.25, 0.3) is 0 Å². The first kappa shape index (κ1) is 26.2.